The predicted octanol–water partition coefficient (Wildman–Crippen LogP) is 2.36. The van der Waals surface area contributed by atoms with E-state index in [0.717, 1.165) is 19.4 Å². The normalized spacial score (nSPS) is 22.4. The van der Waals surface area contributed by atoms with Crippen LogP contribution in [0.3, 0.4) is 0 Å². The second kappa shape index (κ2) is 7.66. The summed E-state index contributed by atoms with van der Waals surface area (Å²) in [5.74, 6) is -0.674. The van der Waals surface area contributed by atoms with E-state index in [1.54, 1.807) is 12.1 Å². The Hall–Kier alpha value is -2.22. The van der Waals surface area contributed by atoms with E-state index < -0.39 is 9.84 Å². The molecule has 2 atom stereocenters. The maximum atomic E-state index is 13.0. The van der Waals surface area contributed by atoms with Gasteiger partial charge in [0.25, 0.3) is 5.91 Å². The molecule has 8 heteroatoms. The lowest BCUT2D eigenvalue weighted by atomic mass is 9.98. The fourth-order valence-corrected chi connectivity index (χ4v) is 5.40. The number of hydrogen-bond acceptors (Lipinski definition) is 5. The van der Waals surface area contributed by atoms with Crippen LogP contribution in [-0.4, -0.2) is 38.7 Å². The minimum absolute atomic E-state index is 0. The van der Waals surface area contributed by atoms with E-state index in [2.05, 4.69) is 10.6 Å². The Kier molecular flexibility index (Phi) is 5.61. The molecule has 1 saturated heterocycles. The fourth-order valence-electron chi connectivity index (χ4n) is 3.72. The first-order chi connectivity index (χ1) is 12.9. The van der Waals surface area contributed by atoms with E-state index in [-0.39, 0.29) is 62.7 Å². The van der Waals surface area contributed by atoms with Gasteiger partial charge in [0.1, 0.15) is 0 Å². The van der Waals surface area contributed by atoms with Gasteiger partial charge in [0.2, 0.25) is 9.84 Å². The molecule has 0 radical (unpaired) electrons. The Labute approximate surface area is 170 Å². The second-order valence-corrected chi connectivity index (χ2v) is 8.89. The number of carbonyl (C=O) groups is 2. The van der Waals surface area contributed by atoms with E-state index in [0.29, 0.717) is 0 Å². The van der Waals surface area contributed by atoms with Crippen LogP contribution in [0.2, 0.25) is 0 Å². The number of halogens is 1. The van der Waals surface area contributed by atoms with Crippen molar-refractivity contribution in [1.82, 2.24) is 10.6 Å². The van der Waals surface area contributed by atoms with Crippen LogP contribution in [0.5, 0.6) is 0 Å². The van der Waals surface area contributed by atoms with Crippen LogP contribution in [0, 0.1) is 0 Å². The van der Waals surface area contributed by atoms with Gasteiger partial charge in [0.05, 0.1) is 9.79 Å². The molecule has 6 nitrogen and oxygen atoms in total. The molecule has 0 saturated carbocycles. The number of ketones is 1. The van der Waals surface area contributed by atoms with Crippen LogP contribution >= 0.6 is 12.4 Å². The van der Waals surface area contributed by atoms with Crippen molar-refractivity contribution in [1.29, 1.82) is 0 Å². The summed E-state index contributed by atoms with van der Waals surface area (Å²) >= 11 is 0. The largest absolute Gasteiger partial charge is 0.348 e. The molecule has 4 rings (SSSR count). The monoisotopic (exact) mass is 420 g/mol. The summed E-state index contributed by atoms with van der Waals surface area (Å²) in [5.41, 5.74) is 0.518. The van der Waals surface area contributed by atoms with Crippen LogP contribution < -0.4 is 10.6 Å². The van der Waals surface area contributed by atoms with Crippen molar-refractivity contribution in [3.05, 3.63) is 59.2 Å². The number of amides is 1. The van der Waals surface area contributed by atoms with Crippen molar-refractivity contribution in [3.63, 3.8) is 0 Å². The van der Waals surface area contributed by atoms with Crippen LogP contribution in [0.25, 0.3) is 0 Å². The highest BCUT2D eigenvalue weighted by Gasteiger charge is 2.35. The zero-order valence-corrected chi connectivity index (χ0v) is 16.9. The molecule has 2 aromatic carbocycles. The molecule has 0 spiro atoms. The summed E-state index contributed by atoms with van der Waals surface area (Å²) < 4.78 is 25.9. The minimum Gasteiger partial charge on any atom is -0.348 e. The molecule has 2 aromatic rings. The highest BCUT2D eigenvalue weighted by Crippen LogP contribution is 2.34. The molecule has 28 heavy (non-hydrogen) atoms. The van der Waals surface area contributed by atoms with Gasteiger partial charge in [0.15, 0.2) is 5.78 Å². The molecule has 2 heterocycles. The molecule has 1 amide bonds. The van der Waals surface area contributed by atoms with Crippen LogP contribution in [-0.2, 0) is 9.84 Å². The summed E-state index contributed by atoms with van der Waals surface area (Å²) in [4.78, 5) is 25.2. The number of nitrogens with one attached hydrogen (secondary N) is 2. The quantitative estimate of drug-likeness (QED) is 0.664. The molecule has 2 unspecified atom stereocenters. The van der Waals surface area contributed by atoms with Gasteiger partial charge in [-0.2, -0.15) is 0 Å². The van der Waals surface area contributed by atoms with Crippen LogP contribution in [0.1, 0.15) is 46.0 Å². The second-order valence-electron chi connectivity index (χ2n) is 7.00. The average Bonchev–Trinajstić information content (AvgIpc) is 2.68. The number of sulfone groups is 1. The number of rotatable bonds is 2. The Morgan fingerprint density at radius 1 is 1.11 bits per heavy atom. The van der Waals surface area contributed by atoms with Gasteiger partial charge in [-0.25, -0.2) is 8.42 Å². The zero-order valence-electron chi connectivity index (χ0n) is 15.3. The van der Waals surface area contributed by atoms with Crippen LogP contribution in [0.15, 0.2) is 52.3 Å². The average molecular weight is 421 g/mol. The summed E-state index contributed by atoms with van der Waals surface area (Å²) in [6.07, 6.45) is 1.84. The maximum absolute atomic E-state index is 13.0. The lowest BCUT2D eigenvalue weighted by molar-refractivity contribution is 0.0918. The van der Waals surface area contributed by atoms with E-state index in [9.17, 15) is 18.0 Å². The third-order valence-electron chi connectivity index (χ3n) is 5.28. The van der Waals surface area contributed by atoms with Gasteiger partial charge in [-0.15, -0.1) is 12.4 Å². The van der Waals surface area contributed by atoms with E-state index in [1.807, 2.05) is 6.92 Å². The number of carbonyl (C=O) groups excluding carboxylic acids is 2. The Morgan fingerprint density at radius 3 is 2.57 bits per heavy atom. The first-order valence-electron chi connectivity index (χ1n) is 8.97. The Balaban J connectivity index is 0.00000225. The van der Waals surface area contributed by atoms with Crippen molar-refractivity contribution in [2.75, 3.05) is 6.54 Å². The minimum atomic E-state index is -3.85. The van der Waals surface area contributed by atoms with Gasteiger partial charge < -0.3 is 10.6 Å². The molecule has 0 bridgehead atoms. The smallest absolute Gasteiger partial charge is 0.251 e. The Bertz CT molecular complexity index is 1050. The highest BCUT2D eigenvalue weighted by molar-refractivity contribution is 7.91. The molecule has 2 N–H and O–H groups in total. The van der Waals surface area contributed by atoms with Crippen molar-refractivity contribution in [3.8, 4) is 0 Å². The molecular formula is C20H21ClN2O4S. The number of benzene rings is 2. The molecule has 2 aliphatic rings. The zero-order chi connectivity index (χ0) is 19.2. The number of fused-ring (bicyclic) bond motifs is 2. The van der Waals surface area contributed by atoms with E-state index in [4.69, 9.17) is 0 Å². The first-order valence-corrected chi connectivity index (χ1v) is 10.4. The van der Waals surface area contributed by atoms with Gasteiger partial charge in [0, 0.05) is 28.8 Å². The first kappa shape index (κ1) is 20.5. The summed E-state index contributed by atoms with van der Waals surface area (Å²) in [5, 5.41) is 6.28. The molecule has 2 aliphatic heterocycles. The van der Waals surface area contributed by atoms with Crippen LogP contribution in [0.4, 0.5) is 0 Å². The molecule has 1 fully saturated rings. The van der Waals surface area contributed by atoms with Gasteiger partial charge in [-0.3, -0.25) is 9.59 Å². The van der Waals surface area contributed by atoms with Crippen molar-refractivity contribution in [2.45, 2.75) is 41.6 Å². The van der Waals surface area contributed by atoms with E-state index >= 15 is 0 Å². The lowest BCUT2D eigenvalue weighted by Crippen LogP contribution is -2.51. The van der Waals surface area contributed by atoms with Gasteiger partial charge in [-0.1, -0.05) is 12.1 Å². The number of piperidine rings is 1. The molecule has 0 aromatic heterocycles. The molecular weight excluding hydrogens is 400 g/mol. The van der Waals surface area contributed by atoms with Crippen molar-refractivity contribution >= 4 is 33.9 Å². The third-order valence-corrected chi connectivity index (χ3v) is 7.13. The lowest BCUT2D eigenvalue weighted by Gasteiger charge is -2.30. The number of hydrogen-bond donors (Lipinski definition) is 2. The SMILES string of the molecule is CC1NCCCC1NC(=O)c1ccc2c(c1)S(=O)(=O)c1ccccc1C2=O.Cl. The topological polar surface area (TPSA) is 92.3 Å². The summed E-state index contributed by atoms with van der Waals surface area (Å²) in [6, 6.07) is 10.6. The fraction of sp³-hybridized carbons (Fsp3) is 0.300. The van der Waals surface area contributed by atoms with Crippen molar-refractivity contribution in [2.24, 2.45) is 0 Å². The summed E-state index contributed by atoms with van der Waals surface area (Å²) in [7, 11) is -3.85. The highest BCUT2D eigenvalue weighted by atomic mass is 35.5. The third kappa shape index (κ3) is 3.34. The van der Waals surface area contributed by atoms with Gasteiger partial charge >= 0.3 is 0 Å². The molecule has 0 aliphatic carbocycles. The van der Waals surface area contributed by atoms with Gasteiger partial charge in [-0.05, 0) is 56.6 Å². The van der Waals surface area contributed by atoms with Crippen molar-refractivity contribution < 1.29 is 18.0 Å². The standard InChI is InChI=1S/C20H20N2O4S.ClH/c1-12-16(6-4-10-21-12)22-20(24)13-8-9-15-18(11-13)27(25,26)17-7-3-2-5-14(17)19(15)23;/h2-3,5,7-9,11-12,16,21H,4,6,10H2,1H3,(H,22,24);1H. The van der Waals surface area contributed by atoms with E-state index in [1.165, 1.54) is 30.3 Å². The Morgan fingerprint density at radius 2 is 1.82 bits per heavy atom. The summed E-state index contributed by atoms with van der Waals surface area (Å²) in [6.45, 7) is 2.93. The maximum Gasteiger partial charge on any atom is 0.251 e. The molecule has 148 valence electrons. The predicted molar refractivity (Wildman–Crippen MR) is 107 cm³/mol.